The van der Waals surface area contributed by atoms with Gasteiger partial charge in [-0.25, -0.2) is 9.67 Å². The number of aromatic nitrogens is 6. The van der Waals surface area contributed by atoms with E-state index >= 15 is 0 Å². The quantitative estimate of drug-likeness (QED) is 0.614. The third-order valence-electron chi connectivity index (χ3n) is 3.91. The zero-order valence-corrected chi connectivity index (χ0v) is 13.8. The lowest BCUT2D eigenvalue weighted by Crippen LogP contribution is -1.92. The van der Waals surface area contributed by atoms with E-state index in [1.165, 1.54) is 0 Å². The van der Waals surface area contributed by atoms with Crippen LogP contribution in [0.4, 0.5) is 0 Å². The van der Waals surface area contributed by atoms with E-state index < -0.39 is 0 Å². The van der Waals surface area contributed by atoms with Crippen molar-refractivity contribution in [1.82, 2.24) is 29.5 Å². The zero-order valence-electron chi connectivity index (χ0n) is 13.0. The minimum Gasteiger partial charge on any atom is -0.335 e. The molecule has 1 N–H and O–H groups in total. The van der Waals surface area contributed by atoms with Gasteiger partial charge in [0.25, 0.3) is 0 Å². The molecule has 3 aromatic heterocycles. The predicted octanol–water partition coefficient (Wildman–Crippen LogP) is 3.33. The summed E-state index contributed by atoms with van der Waals surface area (Å²) >= 11 is 6.36. The second-order valence-electron chi connectivity index (χ2n) is 5.50. The van der Waals surface area contributed by atoms with Crippen molar-refractivity contribution in [2.24, 2.45) is 14.1 Å². The van der Waals surface area contributed by atoms with Gasteiger partial charge in [-0.15, -0.1) is 0 Å². The van der Waals surface area contributed by atoms with E-state index in [4.69, 9.17) is 11.6 Å². The second kappa shape index (κ2) is 4.96. The molecule has 23 heavy (non-hydrogen) atoms. The van der Waals surface area contributed by atoms with Gasteiger partial charge in [-0.3, -0.25) is 4.68 Å². The average molecular weight is 327 g/mol. The number of aromatic amines is 1. The first-order chi connectivity index (χ1) is 11.1. The third kappa shape index (κ3) is 2.06. The molecule has 0 unspecified atom stereocenters. The van der Waals surface area contributed by atoms with Gasteiger partial charge in [0.15, 0.2) is 5.65 Å². The van der Waals surface area contributed by atoms with Crippen molar-refractivity contribution in [3.8, 4) is 22.6 Å². The predicted molar refractivity (Wildman–Crippen MR) is 90.2 cm³/mol. The van der Waals surface area contributed by atoms with Gasteiger partial charge < -0.3 is 4.98 Å². The Labute approximate surface area is 137 Å². The van der Waals surface area contributed by atoms with Gasteiger partial charge in [0.2, 0.25) is 0 Å². The Balaban J connectivity index is 1.96. The van der Waals surface area contributed by atoms with Gasteiger partial charge in [-0.1, -0.05) is 41.9 Å². The van der Waals surface area contributed by atoms with Crippen LogP contribution in [-0.2, 0) is 14.1 Å². The molecule has 0 fully saturated rings. The minimum atomic E-state index is 0.566. The highest BCUT2D eigenvalue weighted by Gasteiger charge is 2.20. The maximum Gasteiger partial charge on any atom is 0.177 e. The lowest BCUT2D eigenvalue weighted by Gasteiger charge is -1.98. The first kappa shape index (κ1) is 14.0. The van der Waals surface area contributed by atoms with Crippen LogP contribution in [-0.4, -0.2) is 29.5 Å². The monoisotopic (exact) mass is 326 g/mol. The molecule has 1 aromatic carbocycles. The first-order valence-electron chi connectivity index (χ1n) is 7.24. The number of H-pyrrole nitrogens is 1. The van der Waals surface area contributed by atoms with E-state index in [-0.39, 0.29) is 0 Å². The van der Waals surface area contributed by atoms with Gasteiger partial charge in [0.1, 0.15) is 22.2 Å². The number of nitrogens with zero attached hydrogens (tertiary/aromatic N) is 5. The molecule has 0 radical (unpaired) electrons. The molecule has 0 amide bonds. The van der Waals surface area contributed by atoms with E-state index in [2.05, 4.69) is 20.2 Å². The van der Waals surface area contributed by atoms with Crippen LogP contribution < -0.4 is 0 Å². The topological polar surface area (TPSA) is 64.3 Å². The number of fused-ring (bicyclic) bond motifs is 1. The smallest absolute Gasteiger partial charge is 0.177 e. The normalized spacial score (nSPS) is 11.5. The molecule has 116 valence electrons. The fourth-order valence-corrected chi connectivity index (χ4v) is 3.09. The Kier molecular flexibility index (Phi) is 3.02. The molecule has 0 saturated heterocycles. The second-order valence-corrected chi connectivity index (χ2v) is 5.86. The molecular formula is C16H15ClN6. The van der Waals surface area contributed by atoms with Crippen LogP contribution in [0.3, 0.4) is 0 Å². The van der Waals surface area contributed by atoms with Crippen LogP contribution in [0, 0.1) is 6.92 Å². The molecule has 0 aliphatic heterocycles. The fraction of sp³-hybridized carbons (Fsp3) is 0.188. The van der Waals surface area contributed by atoms with Gasteiger partial charge in [0.05, 0.1) is 11.3 Å². The number of rotatable bonds is 2. The van der Waals surface area contributed by atoms with E-state index in [9.17, 15) is 0 Å². The summed E-state index contributed by atoms with van der Waals surface area (Å²) in [6.07, 6.45) is 0. The molecule has 0 saturated carbocycles. The zero-order chi connectivity index (χ0) is 16.1. The largest absolute Gasteiger partial charge is 0.335 e. The lowest BCUT2D eigenvalue weighted by molar-refractivity contribution is 0.757. The SMILES string of the molecule is Cc1nn(C)c(Cl)c1-c1nc2c([nH]1)c(-c1ccccc1)nn2C. The van der Waals surface area contributed by atoms with Gasteiger partial charge in [-0.2, -0.15) is 10.2 Å². The molecule has 0 bridgehead atoms. The fourth-order valence-electron chi connectivity index (χ4n) is 2.83. The Morgan fingerprint density at radius 3 is 2.43 bits per heavy atom. The van der Waals surface area contributed by atoms with Crippen molar-refractivity contribution in [1.29, 1.82) is 0 Å². The first-order valence-corrected chi connectivity index (χ1v) is 7.61. The van der Waals surface area contributed by atoms with Crippen molar-refractivity contribution in [3.05, 3.63) is 41.2 Å². The minimum absolute atomic E-state index is 0.566. The number of aryl methyl sites for hydroxylation is 3. The Morgan fingerprint density at radius 1 is 1.04 bits per heavy atom. The summed E-state index contributed by atoms with van der Waals surface area (Å²) in [7, 11) is 3.70. The van der Waals surface area contributed by atoms with Crippen LogP contribution in [0.2, 0.25) is 5.15 Å². The summed E-state index contributed by atoms with van der Waals surface area (Å²) in [4.78, 5) is 8.03. The number of nitrogens with one attached hydrogen (secondary N) is 1. The molecule has 4 rings (SSSR count). The van der Waals surface area contributed by atoms with Crippen molar-refractivity contribution in [2.45, 2.75) is 6.92 Å². The molecule has 0 aliphatic carbocycles. The van der Waals surface area contributed by atoms with Crippen molar-refractivity contribution in [3.63, 3.8) is 0 Å². The highest BCUT2D eigenvalue weighted by molar-refractivity contribution is 6.32. The summed E-state index contributed by atoms with van der Waals surface area (Å²) in [5.74, 6) is 0.709. The van der Waals surface area contributed by atoms with E-state index in [1.807, 2.05) is 51.4 Å². The van der Waals surface area contributed by atoms with Crippen molar-refractivity contribution < 1.29 is 0 Å². The Bertz CT molecular complexity index is 1010. The number of hydrogen-bond donors (Lipinski definition) is 1. The molecule has 3 heterocycles. The highest BCUT2D eigenvalue weighted by atomic mass is 35.5. The van der Waals surface area contributed by atoms with Crippen LogP contribution >= 0.6 is 11.6 Å². The molecule has 4 aromatic rings. The van der Waals surface area contributed by atoms with Gasteiger partial charge >= 0.3 is 0 Å². The van der Waals surface area contributed by atoms with Crippen LogP contribution in [0.5, 0.6) is 0 Å². The van der Waals surface area contributed by atoms with Crippen molar-refractivity contribution in [2.75, 3.05) is 0 Å². The molecule has 0 atom stereocenters. The maximum atomic E-state index is 6.36. The van der Waals surface area contributed by atoms with Crippen LogP contribution in [0.25, 0.3) is 33.8 Å². The number of benzene rings is 1. The number of imidazole rings is 1. The molecule has 0 aliphatic rings. The standard InChI is InChI=1S/C16H15ClN6/c1-9-11(14(17)22(2)20-9)15-18-13-12(10-7-5-4-6-8-10)21-23(3)16(13)19-15/h4-8H,1-3H3,(H,18,19). The molecule has 0 spiro atoms. The molecule has 7 heteroatoms. The lowest BCUT2D eigenvalue weighted by atomic mass is 10.1. The van der Waals surface area contributed by atoms with E-state index in [0.29, 0.717) is 11.0 Å². The highest BCUT2D eigenvalue weighted by Crippen LogP contribution is 2.32. The van der Waals surface area contributed by atoms with Gasteiger partial charge in [-0.05, 0) is 6.92 Å². The summed E-state index contributed by atoms with van der Waals surface area (Å²) in [5, 5.41) is 9.49. The number of halogens is 1. The Morgan fingerprint density at radius 2 is 1.78 bits per heavy atom. The number of hydrogen-bond acceptors (Lipinski definition) is 3. The Hall–Kier alpha value is -2.60. The maximum absolute atomic E-state index is 6.36. The molecular weight excluding hydrogens is 312 g/mol. The third-order valence-corrected chi connectivity index (χ3v) is 4.35. The summed E-state index contributed by atoms with van der Waals surface area (Å²) in [6, 6.07) is 10.0. The van der Waals surface area contributed by atoms with Gasteiger partial charge in [0, 0.05) is 19.7 Å². The summed E-state index contributed by atoms with van der Waals surface area (Å²) in [5.41, 5.74) is 5.27. The van der Waals surface area contributed by atoms with E-state index in [1.54, 1.807) is 9.36 Å². The van der Waals surface area contributed by atoms with Crippen LogP contribution in [0.15, 0.2) is 30.3 Å². The van der Waals surface area contributed by atoms with Crippen molar-refractivity contribution >= 4 is 22.8 Å². The summed E-state index contributed by atoms with van der Waals surface area (Å²) in [6.45, 7) is 1.92. The van der Waals surface area contributed by atoms with Crippen LogP contribution in [0.1, 0.15) is 5.69 Å². The average Bonchev–Trinajstić information content (AvgIpc) is 3.16. The molecule has 6 nitrogen and oxygen atoms in total. The van der Waals surface area contributed by atoms with E-state index in [0.717, 1.165) is 33.7 Å². The summed E-state index contributed by atoms with van der Waals surface area (Å²) < 4.78 is 3.42.